The number of pyridine rings is 1. The first-order valence-electron chi connectivity index (χ1n) is 4.61. The molecule has 0 aliphatic heterocycles. The number of hydrogen-bond donors (Lipinski definition) is 0. The smallest absolute Gasteiger partial charge is 0.125 e. The van der Waals surface area contributed by atoms with Crippen molar-refractivity contribution < 1.29 is 8.95 Å². The molecular weight excluding hydrogens is 210 g/mol. The van der Waals surface area contributed by atoms with E-state index in [9.17, 15) is 4.21 Å². The summed E-state index contributed by atoms with van der Waals surface area (Å²) in [5, 5.41) is 1.49. The molecular formula is C11H14NO2S-. The van der Waals surface area contributed by atoms with Gasteiger partial charge in [-0.3, -0.25) is 15.4 Å². The van der Waals surface area contributed by atoms with E-state index in [-0.39, 0.29) is 0 Å². The Hall–Kier alpha value is -1.29. The molecule has 0 amide bonds. The third kappa shape index (κ3) is 3.75. The number of aromatic nitrogens is 1. The fourth-order valence-electron chi connectivity index (χ4n) is 1.07. The lowest BCUT2D eigenvalue weighted by atomic mass is 10.2. The van der Waals surface area contributed by atoms with Crippen molar-refractivity contribution >= 4 is 22.3 Å². The summed E-state index contributed by atoms with van der Waals surface area (Å²) in [5.41, 5.74) is 1.71. The molecule has 0 spiro atoms. The molecule has 0 fully saturated rings. The fourth-order valence-corrected chi connectivity index (χ4v) is 1.36. The van der Waals surface area contributed by atoms with Gasteiger partial charge in [0, 0.05) is 17.8 Å². The quantitative estimate of drug-likeness (QED) is 0.581. The van der Waals surface area contributed by atoms with Gasteiger partial charge >= 0.3 is 0 Å². The topological polar surface area (TPSA) is 39.2 Å². The fraction of sp³-hybridized carbons (Fsp3) is 0.273. The van der Waals surface area contributed by atoms with Crippen LogP contribution in [0, 0.1) is 6.92 Å². The minimum atomic E-state index is -1.19. The Morgan fingerprint density at radius 1 is 1.67 bits per heavy atom. The Labute approximate surface area is 91.8 Å². The second-order valence-corrected chi connectivity index (χ2v) is 4.02. The highest BCUT2D eigenvalue weighted by atomic mass is 32.2. The summed E-state index contributed by atoms with van der Waals surface area (Å²) in [6.07, 6.45) is 3.40. The molecule has 0 saturated carbocycles. The van der Waals surface area contributed by atoms with Gasteiger partial charge in [0.25, 0.3) is 0 Å². The first-order valence-corrected chi connectivity index (χ1v) is 5.99. The molecule has 0 radical (unpaired) electrons. The molecule has 0 unspecified atom stereocenters. The Kier molecular flexibility index (Phi) is 4.37. The molecule has 1 rings (SSSR count). The lowest BCUT2D eigenvalue weighted by Gasteiger charge is -2.06. The van der Waals surface area contributed by atoms with Crippen molar-refractivity contribution in [2.24, 2.45) is 0 Å². The third-order valence-corrected chi connectivity index (χ3v) is 2.20. The van der Waals surface area contributed by atoms with Crippen molar-refractivity contribution in [3.05, 3.63) is 28.9 Å². The van der Waals surface area contributed by atoms with Gasteiger partial charge in [-0.05, 0) is 13.8 Å². The lowest BCUT2D eigenvalue weighted by Crippen LogP contribution is -1.95. The van der Waals surface area contributed by atoms with E-state index in [0.29, 0.717) is 6.61 Å². The van der Waals surface area contributed by atoms with E-state index < -0.39 is 10.4 Å². The van der Waals surface area contributed by atoms with Gasteiger partial charge in [0.05, 0.1) is 12.3 Å². The van der Waals surface area contributed by atoms with Gasteiger partial charge in [-0.2, -0.15) is 11.3 Å². The van der Waals surface area contributed by atoms with E-state index in [1.54, 1.807) is 12.3 Å². The molecule has 4 heteroatoms. The van der Waals surface area contributed by atoms with Crippen molar-refractivity contribution in [1.82, 2.24) is 4.98 Å². The molecule has 0 N–H and O–H groups in total. The molecule has 1 heterocycles. The van der Waals surface area contributed by atoms with Gasteiger partial charge in [-0.1, -0.05) is 6.08 Å². The second kappa shape index (κ2) is 5.56. The molecule has 3 nitrogen and oxygen atoms in total. The number of aryl methyl sites for hydroxylation is 1. The zero-order valence-corrected chi connectivity index (χ0v) is 9.71. The summed E-state index contributed by atoms with van der Waals surface area (Å²) in [4.78, 5) is 4.16. The van der Waals surface area contributed by atoms with Crippen LogP contribution in [0.4, 0.5) is 0 Å². The third-order valence-electron chi connectivity index (χ3n) is 1.77. The molecule has 1 aromatic rings. The minimum Gasteiger partial charge on any atom is -0.493 e. The summed E-state index contributed by atoms with van der Waals surface area (Å²) in [6.45, 7) is 4.49. The van der Waals surface area contributed by atoms with Gasteiger partial charge in [-0.25, -0.2) is 0 Å². The van der Waals surface area contributed by atoms with E-state index in [1.165, 1.54) is 5.41 Å². The highest BCUT2D eigenvalue weighted by Gasteiger charge is 1.99. The molecule has 0 bridgehead atoms. The minimum absolute atomic E-state index is 0.620. The zero-order chi connectivity index (χ0) is 11.3. The standard InChI is InChI=1S/C11H14NO2S/c1-4-14-11-7-10(5-6-15(3)13)12-8-9(11)2/h5-8H,3-4H2,1-2H3/q-1. The van der Waals surface area contributed by atoms with Crippen LogP contribution >= 0.6 is 0 Å². The van der Waals surface area contributed by atoms with Gasteiger partial charge in [0.2, 0.25) is 0 Å². The van der Waals surface area contributed by atoms with E-state index in [2.05, 4.69) is 10.9 Å². The Bertz CT molecular complexity index is 428. The maximum absolute atomic E-state index is 10.7. The SMILES string of the molecule is C=[S-](=O)C=Cc1cc(OCC)c(C)cn1. The Morgan fingerprint density at radius 3 is 3.00 bits per heavy atom. The molecule has 1 aromatic heterocycles. The van der Waals surface area contributed by atoms with Crippen molar-refractivity contribution in [1.29, 1.82) is 0 Å². The highest BCUT2D eigenvalue weighted by Crippen LogP contribution is 2.18. The number of ether oxygens (including phenoxy) is 1. The monoisotopic (exact) mass is 224 g/mol. The molecule has 82 valence electrons. The Balaban J connectivity index is 2.96. The van der Waals surface area contributed by atoms with Gasteiger partial charge in [0.15, 0.2) is 0 Å². The normalized spacial score (nSPS) is 11.1. The van der Waals surface area contributed by atoms with Crippen LogP contribution in [0.5, 0.6) is 5.75 Å². The summed E-state index contributed by atoms with van der Waals surface area (Å²) < 4.78 is 16.2. The predicted molar refractivity (Wildman–Crippen MR) is 64.3 cm³/mol. The summed E-state index contributed by atoms with van der Waals surface area (Å²) in [7, 11) is -1.19. The summed E-state index contributed by atoms with van der Waals surface area (Å²) in [5.74, 6) is 4.16. The summed E-state index contributed by atoms with van der Waals surface area (Å²) >= 11 is 0. The molecule has 0 aromatic carbocycles. The van der Waals surface area contributed by atoms with Crippen molar-refractivity contribution in [3.8, 4) is 5.75 Å². The first kappa shape index (κ1) is 11.8. The van der Waals surface area contributed by atoms with Crippen LogP contribution in [0.15, 0.2) is 17.7 Å². The molecule has 15 heavy (non-hydrogen) atoms. The molecule has 0 aliphatic carbocycles. The summed E-state index contributed by atoms with van der Waals surface area (Å²) in [6, 6.07) is 1.82. The lowest BCUT2D eigenvalue weighted by molar-refractivity contribution is 0.337. The number of nitrogens with zero attached hydrogens (tertiary/aromatic N) is 1. The van der Waals surface area contributed by atoms with E-state index in [4.69, 9.17) is 4.74 Å². The average Bonchev–Trinajstić information content (AvgIpc) is 2.19. The van der Waals surface area contributed by atoms with Crippen molar-refractivity contribution in [3.63, 3.8) is 0 Å². The Morgan fingerprint density at radius 2 is 2.40 bits per heavy atom. The highest BCUT2D eigenvalue weighted by molar-refractivity contribution is 7.85. The second-order valence-electron chi connectivity index (χ2n) is 2.99. The van der Waals surface area contributed by atoms with Crippen LogP contribution in [0.2, 0.25) is 0 Å². The van der Waals surface area contributed by atoms with Crippen LogP contribution in [-0.4, -0.2) is 17.5 Å². The number of rotatable bonds is 4. The number of hydrogen-bond acceptors (Lipinski definition) is 4. The van der Waals surface area contributed by atoms with Crippen molar-refractivity contribution in [2.45, 2.75) is 13.8 Å². The average molecular weight is 224 g/mol. The van der Waals surface area contributed by atoms with E-state index in [1.807, 2.05) is 19.9 Å². The van der Waals surface area contributed by atoms with Crippen LogP contribution in [0.1, 0.15) is 18.2 Å². The first-order chi connectivity index (χ1) is 7.13. The zero-order valence-electron chi connectivity index (χ0n) is 8.90. The maximum atomic E-state index is 10.7. The molecule has 0 atom stereocenters. The van der Waals surface area contributed by atoms with Crippen molar-refractivity contribution in [2.75, 3.05) is 6.61 Å². The van der Waals surface area contributed by atoms with Crippen LogP contribution < -0.4 is 4.74 Å². The van der Waals surface area contributed by atoms with Gasteiger partial charge in [0.1, 0.15) is 5.75 Å². The maximum Gasteiger partial charge on any atom is 0.125 e. The molecule has 0 saturated heterocycles. The van der Waals surface area contributed by atoms with Crippen LogP contribution in [0.3, 0.4) is 0 Å². The predicted octanol–water partition coefficient (Wildman–Crippen LogP) is 2.16. The van der Waals surface area contributed by atoms with Crippen LogP contribution in [0.25, 0.3) is 6.08 Å². The van der Waals surface area contributed by atoms with E-state index in [0.717, 1.165) is 17.0 Å². The van der Waals surface area contributed by atoms with E-state index >= 15 is 0 Å². The molecule has 0 aliphatic rings. The largest absolute Gasteiger partial charge is 0.493 e. The van der Waals surface area contributed by atoms with Gasteiger partial charge in [-0.15, -0.1) is 0 Å². The van der Waals surface area contributed by atoms with Crippen LogP contribution in [-0.2, 0) is 14.6 Å². The van der Waals surface area contributed by atoms with Gasteiger partial charge < -0.3 is 8.95 Å².